The van der Waals surface area contributed by atoms with E-state index in [-0.39, 0.29) is 6.79 Å². The van der Waals surface area contributed by atoms with Crippen molar-refractivity contribution in [2.45, 2.75) is 12.0 Å². The minimum absolute atomic E-state index is 0.176. The monoisotopic (exact) mass is 152 g/mol. The zero-order valence-corrected chi connectivity index (χ0v) is 5.95. The second-order valence-corrected chi connectivity index (χ2v) is 2.65. The molecule has 11 heavy (non-hydrogen) atoms. The number of aldehydes is 1. The Labute approximate surface area is 64.3 Å². The third-order valence-electron chi connectivity index (χ3n) is 1.88. The van der Waals surface area contributed by atoms with E-state index in [0.29, 0.717) is 6.42 Å². The summed E-state index contributed by atoms with van der Waals surface area (Å²) in [7, 11) is 0. The van der Waals surface area contributed by atoms with Gasteiger partial charge in [-0.2, -0.15) is 0 Å². The van der Waals surface area contributed by atoms with Gasteiger partial charge in [0.1, 0.15) is 5.76 Å². The Morgan fingerprint density at radius 2 is 2.55 bits per heavy atom. The molecule has 1 fully saturated rings. The van der Waals surface area contributed by atoms with Crippen LogP contribution >= 0.6 is 0 Å². The van der Waals surface area contributed by atoms with E-state index in [4.69, 9.17) is 9.47 Å². The molecule has 2 rings (SSSR count). The predicted octanol–water partition coefficient (Wildman–Crippen LogP) is 0.772. The summed E-state index contributed by atoms with van der Waals surface area (Å²) in [5, 5.41) is 0. The van der Waals surface area contributed by atoms with Crippen LogP contribution in [-0.4, -0.2) is 18.7 Å². The number of carbonyl (C=O) groups excluding carboxylic acids is 1. The molecule has 0 spiro atoms. The molecular formula is C8H8O3. The van der Waals surface area contributed by atoms with Crippen molar-refractivity contribution < 1.29 is 14.3 Å². The maximum atomic E-state index is 10.6. The van der Waals surface area contributed by atoms with Crippen LogP contribution in [0.5, 0.6) is 0 Å². The molecule has 0 aromatic heterocycles. The average molecular weight is 152 g/mol. The van der Waals surface area contributed by atoms with Crippen molar-refractivity contribution in [3.8, 4) is 0 Å². The highest BCUT2D eigenvalue weighted by atomic mass is 16.7. The molecular weight excluding hydrogens is 144 g/mol. The largest absolute Gasteiger partial charge is 0.472 e. The first-order valence-corrected chi connectivity index (χ1v) is 3.46. The average Bonchev–Trinajstić information content (AvgIpc) is 2.05. The lowest BCUT2D eigenvalue weighted by Crippen LogP contribution is -2.38. The van der Waals surface area contributed by atoms with Gasteiger partial charge in [0.15, 0.2) is 18.7 Å². The summed E-state index contributed by atoms with van der Waals surface area (Å²) in [6, 6.07) is 0. The van der Waals surface area contributed by atoms with Crippen LogP contribution in [0.1, 0.15) is 6.42 Å². The highest BCUT2D eigenvalue weighted by Crippen LogP contribution is 2.29. The van der Waals surface area contributed by atoms with Gasteiger partial charge >= 0.3 is 0 Å². The Hall–Kier alpha value is -1.09. The Morgan fingerprint density at radius 3 is 3.27 bits per heavy atom. The van der Waals surface area contributed by atoms with Crippen LogP contribution in [0.2, 0.25) is 0 Å². The minimum Gasteiger partial charge on any atom is -0.472 e. The molecule has 3 nitrogen and oxygen atoms in total. The minimum atomic E-state index is -0.734. The van der Waals surface area contributed by atoms with Gasteiger partial charge in [-0.15, -0.1) is 0 Å². The fourth-order valence-electron chi connectivity index (χ4n) is 1.24. The smallest absolute Gasteiger partial charge is 0.190 e. The van der Waals surface area contributed by atoms with E-state index in [1.807, 2.05) is 6.08 Å². The molecule has 1 saturated heterocycles. The van der Waals surface area contributed by atoms with Crippen LogP contribution in [0.25, 0.3) is 0 Å². The summed E-state index contributed by atoms with van der Waals surface area (Å²) >= 11 is 0. The van der Waals surface area contributed by atoms with E-state index >= 15 is 0 Å². The summed E-state index contributed by atoms with van der Waals surface area (Å²) in [6.45, 7) is 0.176. The quantitative estimate of drug-likeness (QED) is 0.520. The first kappa shape index (κ1) is 6.61. The van der Waals surface area contributed by atoms with E-state index in [1.165, 1.54) is 0 Å². The molecule has 1 aliphatic carbocycles. The second kappa shape index (κ2) is 2.20. The van der Waals surface area contributed by atoms with Crippen molar-refractivity contribution in [3.63, 3.8) is 0 Å². The van der Waals surface area contributed by atoms with E-state index in [1.54, 1.807) is 12.2 Å². The molecule has 1 atom stereocenters. The molecule has 0 N–H and O–H groups in total. The van der Waals surface area contributed by atoms with Crippen molar-refractivity contribution in [2.75, 3.05) is 6.79 Å². The molecule has 2 bridgehead atoms. The molecule has 1 heterocycles. The normalized spacial score (nSPS) is 34.0. The number of ether oxygens (including phenoxy) is 2. The zero-order chi connectivity index (χ0) is 7.73. The lowest BCUT2D eigenvalue weighted by molar-refractivity contribution is -0.157. The van der Waals surface area contributed by atoms with Gasteiger partial charge in [0.2, 0.25) is 0 Å². The fourth-order valence-corrected chi connectivity index (χ4v) is 1.24. The lowest BCUT2D eigenvalue weighted by atomic mass is 9.95. The molecule has 3 heteroatoms. The molecule has 2 aliphatic rings. The summed E-state index contributed by atoms with van der Waals surface area (Å²) < 4.78 is 10.3. The highest BCUT2D eigenvalue weighted by molar-refractivity contribution is 5.68. The van der Waals surface area contributed by atoms with Crippen molar-refractivity contribution in [1.82, 2.24) is 0 Å². The van der Waals surface area contributed by atoms with Gasteiger partial charge in [-0.1, -0.05) is 6.08 Å². The number of hydrogen-bond donors (Lipinski definition) is 0. The topological polar surface area (TPSA) is 35.5 Å². The Balaban J connectivity index is 2.32. The number of carbonyl (C=O) groups is 1. The molecule has 1 aliphatic heterocycles. The van der Waals surface area contributed by atoms with Crippen molar-refractivity contribution >= 4 is 6.29 Å². The zero-order valence-electron chi connectivity index (χ0n) is 5.95. The molecule has 0 saturated carbocycles. The number of hydrogen-bond acceptors (Lipinski definition) is 3. The van der Waals surface area contributed by atoms with Crippen molar-refractivity contribution in [2.24, 2.45) is 0 Å². The predicted molar refractivity (Wildman–Crippen MR) is 37.7 cm³/mol. The third-order valence-corrected chi connectivity index (χ3v) is 1.88. The number of rotatable bonds is 1. The van der Waals surface area contributed by atoms with Crippen molar-refractivity contribution in [3.05, 3.63) is 24.0 Å². The summed E-state index contributed by atoms with van der Waals surface area (Å²) in [5.74, 6) is 0.825. The lowest BCUT2D eigenvalue weighted by Gasteiger charge is -2.32. The molecule has 1 unspecified atom stereocenters. The Morgan fingerprint density at radius 1 is 1.64 bits per heavy atom. The molecule has 0 aromatic rings. The Kier molecular flexibility index (Phi) is 1.32. The van der Waals surface area contributed by atoms with Gasteiger partial charge in [0.05, 0.1) is 0 Å². The van der Waals surface area contributed by atoms with Crippen molar-refractivity contribution in [1.29, 1.82) is 0 Å². The molecule has 0 amide bonds. The van der Waals surface area contributed by atoms with E-state index in [9.17, 15) is 4.79 Å². The van der Waals surface area contributed by atoms with Crippen LogP contribution in [0, 0.1) is 0 Å². The third kappa shape index (κ3) is 0.973. The highest BCUT2D eigenvalue weighted by Gasteiger charge is 2.35. The van der Waals surface area contributed by atoms with Gasteiger partial charge in [0.25, 0.3) is 0 Å². The van der Waals surface area contributed by atoms with E-state index < -0.39 is 5.60 Å². The van der Waals surface area contributed by atoms with Gasteiger partial charge < -0.3 is 9.47 Å². The van der Waals surface area contributed by atoms with E-state index in [0.717, 1.165) is 12.0 Å². The molecule has 58 valence electrons. The maximum Gasteiger partial charge on any atom is 0.190 e. The fraction of sp³-hybridized carbons (Fsp3) is 0.375. The molecule has 0 aromatic carbocycles. The maximum absolute atomic E-state index is 10.6. The van der Waals surface area contributed by atoms with Crippen LogP contribution in [-0.2, 0) is 14.3 Å². The van der Waals surface area contributed by atoms with Gasteiger partial charge in [-0.3, -0.25) is 4.79 Å². The molecule has 0 radical (unpaired) electrons. The first-order chi connectivity index (χ1) is 5.35. The van der Waals surface area contributed by atoms with Gasteiger partial charge in [0, 0.05) is 6.42 Å². The summed E-state index contributed by atoms with van der Waals surface area (Å²) in [6.07, 6.45) is 6.74. The number of allylic oxidation sites excluding steroid dienone is 2. The SMILES string of the molecule is O=CC12C=CC=C(C1)OCO2. The first-order valence-electron chi connectivity index (χ1n) is 3.46. The van der Waals surface area contributed by atoms with Crippen LogP contribution in [0.15, 0.2) is 24.0 Å². The number of fused-ring (bicyclic) bond motifs is 2. The van der Waals surface area contributed by atoms with Gasteiger partial charge in [-0.25, -0.2) is 0 Å². The van der Waals surface area contributed by atoms with E-state index in [2.05, 4.69) is 0 Å². The summed E-state index contributed by atoms with van der Waals surface area (Å²) in [5.41, 5.74) is -0.734. The summed E-state index contributed by atoms with van der Waals surface area (Å²) in [4.78, 5) is 10.6. The van der Waals surface area contributed by atoms with Crippen LogP contribution < -0.4 is 0 Å². The standard InChI is InChI=1S/C8H8O3/c9-5-8-3-1-2-7(4-8)10-6-11-8/h1-3,5H,4,6H2. The second-order valence-electron chi connectivity index (χ2n) is 2.65. The Bertz CT molecular complexity index is 242. The van der Waals surface area contributed by atoms with Crippen LogP contribution in [0.3, 0.4) is 0 Å². The van der Waals surface area contributed by atoms with Crippen LogP contribution in [0.4, 0.5) is 0 Å². The van der Waals surface area contributed by atoms with Gasteiger partial charge in [-0.05, 0) is 12.2 Å².